The normalized spacial score (nSPS) is 11.2. The topological polar surface area (TPSA) is 141 Å². The van der Waals surface area contributed by atoms with Gasteiger partial charge in [0.25, 0.3) is 0 Å². The molecular formula is C23H27NO11S. The summed E-state index contributed by atoms with van der Waals surface area (Å²) < 4.78 is 72.2. The van der Waals surface area contributed by atoms with Crippen LogP contribution in [0.2, 0.25) is 0 Å². The molecule has 0 saturated carbocycles. The van der Waals surface area contributed by atoms with Crippen LogP contribution in [-0.4, -0.2) is 65.2 Å². The van der Waals surface area contributed by atoms with Crippen LogP contribution in [0.1, 0.15) is 0 Å². The molecule has 0 aliphatic rings. The third-order valence-corrected chi connectivity index (χ3v) is 6.89. The summed E-state index contributed by atoms with van der Waals surface area (Å²) in [6, 6.07) is 2.61. The minimum Gasteiger partial charge on any atom is -0.493 e. The number of benzene rings is 2. The number of fused-ring (bicyclic) bond motifs is 1. The molecule has 36 heavy (non-hydrogen) atoms. The first kappa shape index (κ1) is 26.8. The van der Waals surface area contributed by atoms with E-state index in [1.54, 1.807) is 0 Å². The molecule has 3 aromatic rings. The van der Waals surface area contributed by atoms with Gasteiger partial charge in [-0.3, -0.25) is 4.79 Å². The zero-order valence-electron chi connectivity index (χ0n) is 21.1. The van der Waals surface area contributed by atoms with Crippen LogP contribution in [0.25, 0.3) is 22.3 Å². The lowest BCUT2D eigenvalue weighted by atomic mass is 10.1. The van der Waals surface area contributed by atoms with Crippen molar-refractivity contribution in [3.05, 3.63) is 22.4 Å². The molecule has 3 rings (SSSR count). The molecule has 1 heterocycles. The number of ether oxygens (including phenoxy) is 7. The molecule has 196 valence electrons. The minimum atomic E-state index is -4.08. The molecule has 0 aliphatic carbocycles. The Morgan fingerprint density at radius 1 is 0.694 bits per heavy atom. The summed E-state index contributed by atoms with van der Waals surface area (Å²) in [6.45, 7) is 0. The summed E-state index contributed by atoms with van der Waals surface area (Å²) in [7, 11) is 6.59. The fraction of sp³-hybridized carbons (Fsp3) is 0.348. The van der Waals surface area contributed by atoms with Gasteiger partial charge in [0.05, 0.1) is 54.7 Å². The predicted octanol–water partition coefficient (Wildman–Crippen LogP) is 2.43. The third-order valence-electron chi connectivity index (χ3n) is 5.43. The molecule has 2 aromatic carbocycles. The molecule has 0 bridgehead atoms. The van der Waals surface area contributed by atoms with Crippen LogP contribution in [-0.2, 0) is 10.0 Å². The molecule has 0 atom stereocenters. The van der Waals surface area contributed by atoms with Crippen LogP contribution >= 0.6 is 0 Å². The van der Waals surface area contributed by atoms with Gasteiger partial charge < -0.3 is 37.6 Å². The largest absolute Gasteiger partial charge is 0.493 e. The number of nitrogens with one attached hydrogen (secondary N) is 1. The van der Waals surface area contributed by atoms with E-state index in [4.69, 9.17) is 37.6 Å². The third kappa shape index (κ3) is 4.09. The second-order valence-electron chi connectivity index (χ2n) is 7.04. The van der Waals surface area contributed by atoms with Gasteiger partial charge in [-0.2, -0.15) is 0 Å². The van der Waals surface area contributed by atoms with Crippen LogP contribution in [0.15, 0.2) is 26.2 Å². The van der Waals surface area contributed by atoms with Crippen molar-refractivity contribution in [3.63, 3.8) is 0 Å². The zero-order chi connectivity index (χ0) is 26.8. The second-order valence-corrected chi connectivity index (χ2v) is 8.90. The van der Waals surface area contributed by atoms with E-state index >= 15 is 0 Å². The van der Waals surface area contributed by atoms with Crippen molar-refractivity contribution in [1.82, 2.24) is 4.72 Å². The minimum absolute atomic E-state index is 0.0131. The van der Waals surface area contributed by atoms with Crippen molar-refractivity contribution in [3.8, 4) is 51.6 Å². The van der Waals surface area contributed by atoms with E-state index < -0.39 is 15.5 Å². The number of methoxy groups -OCH3 is 7. The van der Waals surface area contributed by atoms with E-state index in [-0.39, 0.29) is 67.4 Å². The van der Waals surface area contributed by atoms with E-state index in [9.17, 15) is 13.2 Å². The monoisotopic (exact) mass is 525 g/mol. The molecule has 0 aliphatic heterocycles. The van der Waals surface area contributed by atoms with Gasteiger partial charge in [-0.15, -0.1) is 0 Å². The Labute approximate surface area is 207 Å². The van der Waals surface area contributed by atoms with Gasteiger partial charge in [0, 0.05) is 11.6 Å². The maximum absolute atomic E-state index is 13.7. The molecule has 0 unspecified atom stereocenters. The van der Waals surface area contributed by atoms with Crippen LogP contribution < -0.4 is 43.3 Å². The van der Waals surface area contributed by atoms with Crippen molar-refractivity contribution < 1.29 is 46.0 Å². The lowest BCUT2D eigenvalue weighted by Crippen LogP contribution is -2.20. The van der Waals surface area contributed by atoms with Gasteiger partial charge in [0.1, 0.15) is 5.39 Å². The predicted molar refractivity (Wildman–Crippen MR) is 130 cm³/mol. The molecule has 0 spiro atoms. The Hall–Kier alpha value is -3.84. The van der Waals surface area contributed by atoms with Crippen LogP contribution in [0.5, 0.6) is 40.2 Å². The van der Waals surface area contributed by atoms with Gasteiger partial charge in [-0.05, 0) is 13.1 Å². The number of hydrogen-bond donors (Lipinski definition) is 1. The summed E-state index contributed by atoms with van der Waals surface area (Å²) >= 11 is 0. The molecule has 13 heteroatoms. The highest BCUT2D eigenvalue weighted by molar-refractivity contribution is 7.89. The highest BCUT2D eigenvalue weighted by Gasteiger charge is 2.32. The molecule has 0 saturated heterocycles. The first-order chi connectivity index (χ1) is 17.2. The molecule has 0 fully saturated rings. The summed E-state index contributed by atoms with van der Waals surface area (Å²) in [5, 5.41) is -0.0638. The van der Waals surface area contributed by atoms with Crippen molar-refractivity contribution in [2.75, 3.05) is 56.8 Å². The van der Waals surface area contributed by atoms with Crippen molar-refractivity contribution >= 4 is 21.0 Å². The van der Waals surface area contributed by atoms with Crippen molar-refractivity contribution in [2.45, 2.75) is 4.90 Å². The Kier molecular flexibility index (Phi) is 7.74. The van der Waals surface area contributed by atoms with Gasteiger partial charge in [-0.25, -0.2) is 13.1 Å². The maximum atomic E-state index is 13.7. The second kappa shape index (κ2) is 10.4. The van der Waals surface area contributed by atoms with Crippen LogP contribution in [0, 0.1) is 0 Å². The quantitative estimate of drug-likeness (QED) is 0.417. The zero-order valence-corrected chi connectivity index (χ0v) is 21.9. The summed E-state index contributed by atoms with van der Waals surface area (Å²) in [4.78, 5) is 13.5. The first-order valence-electron chi connectivity index (χ1n) is 10.3. The van der Waals surface area contributed by atoms with Crippen LogP contribution in [0.3, 0.4) is 0 Å². The van der Waals surface area contributed by atoms with E-state index in [1.807, 2.05) is 0 Å². The van der Waals surface area contributed by atoms with E-state index in [0.29, 0.717) is 0 Å². The summed E-state index contributed by atoms with van der Waals surface area (Å²) in [5.74, 6) is 0.0399. The Balaban J connectivity index is 2.65. The lowest BCUT2D eigenvalue weighted by molar-refractivity contribution is 0.306. The maximum Gasteiger partial charge on any atom is 0.241 e. The molecule has 1 aromatic heterocycles. The standard InChI is InChI=1S/C23H27NO11S/c1-24-36(26,27)14-10-13(29-3)12(28-2)9-11(14)17-20(31-5)16(25)15-18(30-4)21(32-6)23(34-8)22(33-7)19(15)35-17/h9-10,24H,1-8H3. The molecule has 1 N–H and O–H groups in total. The van der Waals surface area contributed by atoms with E-state index in [0.717, 1.165) is 0 Å². The molecule has 0 amide bonds. The number of sulfonamides is 1. The van der Waals surface area contributed by atoms with Crippen molar-refractivity contribution in [1.29, 1.82) is 0 Å². The average molecular weight is 526 g/mol. The Morgan fingerprint density at radius 3 is 1.67 bits per heavy atom. The lowest BCUT2D eigenvalue weighted by Gasteiger charge is -2.20. The first-order valence-corrected chi connectivity index (χ1v) is 11.8. The van der Waals surface area contributed by atoms with E-state index in [1.165, 1.54) is 68.9 Å². The highest BCUT2D eigenvalue weighted by Crippen LogP contribution is 2.52. The van der Waals surface area contributed by atoms with E-state index in [2.05, 4.69) is 4.72 Å². The van der Waals surface area contributed by atoms with Crippen LogP contribution in [0.4, 0.5) is 0 Å². The number of hydrogen-bond acceptors (Lipinski definition) is 11. The van der Waals surface area contributed by atoms with Gasteiger partial charge in [-0.1, -0.05) is 0 Å². The number of rotatable bonds is 10. The molecule has 12 nitrogen and oxygen atoms in total. The molecular weight excluding hydrogens is 498 g/mol. The van der Waals surface area contributed by atoms with Crippen molar-refractivity contribution in [2.24, 2.45) is 0 Å². The van der Waals surface area contributed by atoms with Gasteiger partial charge in [0.2, 0.25) is 38.5 Å². The molecule has 0 radical (unpaired) electrons. The highest BCUT2D eigenvalue weighted by atomic mass is 32.2. The van der Waals surface area contributed by atoms with Gasteiger partial charge >= 0.3 is 0 Å². The fourth-order valence-corrected chi connectivity index (χ4v) is 4.72. The Morgan fingerprint density at radius 2 is 1.19 bits per heavy atom. The fourth-order valence-electron chi connectivity index (χ4n) is 3.79. The van der Waals surface area contributed by atoms with Gasteiger partial charge in [0.15, 0.2) is 28.6 Å². The Bertz CT molecular complexity index is 1460. The summed E-state index contributed by atoms with van der Waals surface area (Å²) in [5.41, 5.74) is -0.795. The average Bonchev–Trinajstić information content (AvgIpc) is 2.90. The SMILES string of the molecule is CNS(=O)(=O)c1cc(OC)c(OC)cc1-c1oc2c(OC)c(OC)c(OC)c(OC)c2c(=O)c1OC. The summed E-state index contributed by atoms with van der Waals surface area (Å²) in [6.07, 6.45) is 0. The smallest absolute Gasteiger partial charge is 0.241 e.